The molecule has 4 nitrogen and oxygen atoms in total. The van der Waals surface area contributed by atoms with E-state index >= 15 is 0 Å². The van der Waals surface area contributed by atoms with Gasteiger partial charge in [0.2, 0.25) is 0 Å². The van der Waals surface area contributed by atoms with Crippen molar-refractivity contribution in [2.24, 2.45) is 0 Å². The number of anilines is 2. The minimum atomic E-state index is 0.617. The van der Waals surface area contributed by atoms with Crippen molar-refractivity contribution in [3.63, 3.8) is 0 Å². The minimum Gasteiger partial charge on any atom is -0.492 e. The largest absolute Gasteiger partial charge is 0.492 e. The Kier molecular flexibility index (Phi) is 4.77. The fourth-order valence-electron chi connectivity index (χ4n) is 1.27. The Morgan fingerprint density at radius 1 is 1.40 bits per heavy atom. The van der Waals surface area contributed by atoms with Crippen LogP contribution in [0.2, 0.25) is 0 Å². The molecule has 15 heavy (non-hydrogen) atoms. The van der Waals surface area contributed by atoms with Gasteiger partial charge in [-0.25, -0.2) is 0 Å². The van der Waals surface area contributed by atoms with Crippen LogP contribution in [-0.4, -0.2) is 26.9 Å². The molecule has 84 valence electrons. The zero-order valence-corrected chi connectivity index (χ0v) is 9.25. The molecule has 3 N–H and O–H groups in total. The van der Waals surface area contributed by atoms with Crippen LogP contribution in [0.15, 0.2) is 18.2 Å². The molecule has 0 aliphatic rings. The molecule has 4 heteroatoms. The predicted molar refractivity (Wildman–Crippen MR) is 62.4 cm³/mol. The standard InChI is InChI=1S/C11H18N2O2/c1-3-15-10-6-4-5-9(11(10)12)13-7-8-14-2/h4-6,13H,3,7-8,12H2,1-2H3. The van der Waals surface area contributed by atoms with E-state index < -0.39 is 0 Å². The summed E-state index contributed by atoms with van der Waals surface area (Å²) in [6.07, 6.45) is 0. The van der Waals surface area contributed by atoms with Crippen molar-refractivity contribution in [2.75, 3.05) is 37.9 Å². The average Bonchev–Trinajstić information content (AvgIpc) is 2.24. The van der Waals surface area contributed by atoms with E-state index in [4.69, 9.17) is 15.2 Å². The maximum Gasteiger partial charge on any atom is 0.144 e. The van der Waals surface area contributed by atoms with E-state index in [1.807, 2.05) is 25.1 Å². The van der Waals surface area contributed by atoms with Crippen LogP contribution in [-0.2, 0) is 4.74 Å². The third-order valence-electron chi connectivity index (χ3n) is 1.99. The number of nitrogens with two attached hydrogens (primary N) is 1. The van der Waals surface area contributed by atoms with Crippen LogP contribution in [0.1, 0.15) is 6.92 Å². The number of nitrogens with one attached hydrogen (secondary N) is 1. The molecule has 0 unspecified atom stereocenters. The summed E-state index contributed by atoms with van der Waals surface area (Å²) in [6.45, 7) is 3.94. The Hall–Kier alpha value is -1.42. The molecule has 0 saturated carbocycles. The zero-order chi connectivity index (χ0) is 11.1. The number of nitrogen functional groups attached to an aromatic ring is 1. The van der Waals surface area contributed by atoms with Crippen molar-refractivity contribution in [1.82, 2.24) is 0 Å². The van der Waals surface area contributed by atoms with Crippen LogP contribution in [0.3, 0.4) is 0 Å². The smallest absolute Gasteiger partial charge is 0.144 e. The lowest BCUT2D eigenvalue weighted by Crippen LogP contribution is -2.09. The summed E-state index contributed by atoms with van der Waals surface area (Å²) in [6, 6.07) is 5.70. The Morgan fingerprint density at radius 2 is 2.20 bits per heavy atom. The first kappa shape index (κ1) is 11.7. The van der Waals surface area contributed by atoms with E-state index in [-0.39, 0.29) is 0 Å². The second-order valence-electron chi connectivity index (χ2n) is 3.07. The number of hydrogen-bond acceptors (Lipinski definition) is 4. The van der Waals surface area contributed by atoms with Crippen LogP contribution < -0.4 is 15.8 Å². The van der Waals surface area contributed by atoms with Crippen molar-refractivity contribution >= 4 is 11.4 Å². The van der Waals surface area contributed by atoms with Gasteiger partial charge in [-0.15, -0.1) is 0 Å². The Morgan fingerprint density at radius 3 is 2.87 bits per heavy atom. The van der Waals surface area contributed by atoms with Gasteiger partial charge in [-0.1, -0.05) is 6.07 Å². The quantitative estimate of drug-likeness (QED) is 0.554. The maximum atomic E-state index is 5.92. The van der Waals surface area contributed by atoms with Crippen LogP contribution in [0.4, 0.5) is 11.4 Å². The monoisotopic (exact) mass is 210 g/mol. The van der Waals surface area contributed by atoms with Gasteiger partial charge in [-0.3, -0.25) is 0 Å². The molecule has 0 fully saturated rings. The molecule has 0 spiro atoms. The summed E-state index contributed by atoms with van der Waals surface area (Å²) in [5.74, 6) is 0.722. The molecule has 0 atom stereocenters. The van der Waals surface area contributed by atoms with Gasteiger partial charge in [0.25, 0.3) is 0 Å². The van der Waals surface area contributed by atoms with E-state index in [1.54, 1.807) is 7.11 Å². The normalized spacial score (nSPS) is 10.0. The summed E-state index contributed by atoms with van der Waals surface area (Å²) in [4.78, 5) is 0. The topological polar surface area (TPSA) is 56.5 Å². The molecular formula is C11H18N2O2. The van der Waals surface area contributed by atoms with E-state index in [2.05, 4.69) is 5.32 Å². The van der Waals surface area contributed by atoms with Gasteiger partial charge in [0.1, 0.15) is 5.75 Å². The highest BCUT2D eigenvalue weighted by Crippen LogP contribution is 2.28. The lowest BCUT2D eigenvalue weighted by Gasteiger charge is -2.12. The molecule has 0 bridgehead atoms. The van der Waals surface area contributed by atoms with Gasteiger partial charge in [0.05, 0.1) is 24.6 Å². The van der Waals surface area contributed by atoms with Gasteiger partial charge in [-0.05, 0) is 19.1 Å². The molecule has 0 heterocycles. The van der Waals surface area contributed by atoms with E-state index in [9.17, 15) is 0 Å². The van der Waals surface area contributed by atoms with E-state index in [0.717, 1.165) is 18.0 Å². The summed E-state index contributed by atoms with van der Waals surface area (Å²) in [7, 11) is 1.67. The summed E-state index contributed by atoms with van der Waals surface area (Å²) < 4.78 is 10.3. The number of ether oxygens (including phenoxy) is 2. The van der Waals surface area contributed by atoms with E-state index in [1.165, 1.54) is 0 Å². The lowest BCUT2D eigenvalue weighted by atomic mass is 10.2. The molecule has 1 rings (SSSR count). The van der Waals surface area contributed by atoms with Crippen molar-refractivity contribution in [1.29, 1.82) is 0 Å². The SMILES string of the molecule is CCOc1cccc(NCCOC)c1N. The highest BCUT2D eigenvalue weighted by Gasteiger charge is 2.04. The second-order valence-corrected chi connectivity index (χ2v) is 3.07. The Labute approximate surface area is 90.4 Å². The number of benzene rings is 1. The number of rotatable bonds is 6. The molecule has 1 aromatic carbocycles. The Bertz CT molecular complexity index is 303. The average molecular weight is 210 g/mol. The molecular weight excluding hydrogens is 192 g/mol. The van der Waals surface area contributed by atoms with Gasteiger partial charge in [-0.2, -0.15) is 0 Å². The first-order valence-electron chi connectivity index (χ1n) is 5.03. The van der Waals surface area contributed by atoms with Crippen LogP contribution in [0, 0.1) is 0 Å². The summed E-state index contributed by atoms with van der Waals surface area (Å²) in [5.41, 5.74) is 7.46. The van der Waals surface area contributed by atoms with E-state index in [0.29, 0.717) is 18.9 Å². The van der Waals surface area contributed by atoms with Crippen molar-refractivity contribution in [3.05, 3.63) is 18.2 Å². The number of methoxy groups -OCH3 is 1. The first-order chi connectivity index (χ1) is 7.29. The summed E-state index contributed by atoms with van der Waals surface area (Å²) in [5, 5.41) is 3.18. The van der Waals surface area contributed by atoms with Gasteiger partial charge in [0, 0.05) is 13.7 Å². The highest BCUT2D eigenvalue weighted by atomic mass is 16.5. The maximum absolute atomic E-state index is 5.92. The minimum absolute atomic E-state index is 0.617. The molecule has 0 saturated heterocycles. The third kappa shape index (κ3) is 3.32. The predicted octanol–water partition coefficient (Wildman–Crippen LogP) is 1.73. The van der Waals surface area contributed by atoms with Crippen LogP contribution >= 0.6 is 0 Å². The second kappa shape index (κ2) is 6.14. The fourth-order valence-corrected chi connectivity index (χ4v) is 1.27. The van der Waals surface area contributed by atoms with Crippen LogP contribution in [0.25, 0.3) is 0 Å². The molecule has 0 aliphatic heterocycles. The first-order valence-corrected chi connectivity index (χ1v) is 5.03. The molecule has 0 radical (unpaired) electrons. The fraction of sp³-hybridized carbons (Fsp3) is 0.455. The molecule has 0 aromatic heterocycles. The number of para-hydroxylation sites is 1. The molecule has 0 aliphatic carbocycles. The lowest BCUT2D eigenvalue weighted by molar-refractivity contribution is 0.211. The zero-order valence-electron chi connectivity index (χ0n) is 9.25. The van der Waals surface area contributed by atoms with Gasteiger partial charge < -0.3 is 20.5 Å². The van der Waals surface area contributed by atoms with Crippen LogP contribution in [0.5, 0.6) is 5.75 Å². The Balaban J connectivity index is 2.66. The third-order valence-corrected chi connectivity index (χ3v) is 1.99. The van der Waals surface area contributed by atoms with Crippen molar-refractivity contribution in [3.8, 4) is 5.75 Å². The van der Waals surface area contributed by atoms with Gasteiger partial charge >= 0.3 is 0 Å². The summed E-state index contributed by atoms with van der Waals surface area (Å²) >= 11 is 0. The van der Waals surface area contributed by atoms with Crippen molar-refractivity contribution in [2.45, 2.75) is 6.92 Å². The van der Waals surface area contributed by atoms with Gasteiger partial charge in [0.15, 0.2) is 0 Å². The molecule has 1 aromatic rings. The number of hydrogen-bond donors (Lipinski definition) is 2. The molecule has 0 amide bonds. The van der Waals surface area contributed by atoms with Crippen molar-refractivity contribution < 1.29 is 9.47 Å². The highest BCUT2D eigenvalue weighted by molar-refractivity contribution is 5.72.